The molecule has 49 heavy (non-hydrogen) atoms. The fraction of sp³-hybridized carbons (Fsp3) is 0.625. The minimum absolute atomic E-state index is 0.0278. The van der Waals surface area contributed by atoms with Crippen molar-refractivity contribution in [2.24, 2.45) is 18.4 Å². The Labute approximate surface area is 287 Å². The number of aliphatic hydroxyl groups is 1. The zero-order valence-electron chi connectivity index (χ0n) is 30.0. The van der Waals surface area contributed by atoms with Gasteiger partial charge < -0.3 is 14.7 Å². The van der Waals surface area contributed by atoms with Crippen molar-refractivity contribution in [1.82, 2.24) is 29.3 Å². The van der Waals surface area contributed by atoms with Gasteiger partial charge in [0, 0.05) is 49.2 Å². The molecule has 0 spiro atoms. The van der Waals surface area contributed by atoms with Crippen LogP contribution in [0.1, 0.15) is 70.9 Å². The Morgan fingerprint density at radius 2 is 1.78 bits per heavy atom. The lowest BCUT2D eigenvalue weighted by Crippen LogP contribution is -2.53. The highest BCUT2D eigenvalue weighted by molar-refractivity contribution is 7.90. The molecule has 4 heterocycles. The van der Waals surface area contributed by atoms with Crippen LogP contribution in [0.15, 0.2) is 35.5 Å². The van der Waals surface area contributed by atoms with Gasteiger partial charge >= 0.3 is 6.18 Å². The molecule has 1 fully saturated rings. The molecule has 2 unspecified atom stereocenters. The number of aromatic nitrogens is 5. The van der Waals surface area contributed by atoms with E-state index in [1.165, 1.54) is 46.9 Å². The number of anilines is 1. The van der Waals surface area contributed by atoms with E-state index in [4.69, 9.17) is 9.72 Å². The van der Waals surface area contributed by atoms with Crippen LogP contribution in [0, 0.1) is 18.3 Å². The molecule has 2 N–H and O–H groups in total. The number of sulfonamides is 1. The number of nitrogens with zero attached hydrogens (tertiary/aromatic N) is 6. The van der Waals surface area contributed by atoms with Crippen molar-refractivity contribution in [3.8, 4) is 11.7 Å². The molecule has 0 radical (unpaired) electrons. The van der Waals surface area contributed by atoms with Gasteiger partial charge in [-0.2, -0.15) is 18.3 Å². The molecule has 1 amide bonds. The molecule has 0 aliphatic carbocycles. The Hall–Kier alpha value is -3.44. The first kappa shape index (κ1) is 38.4. The van der Waals surface area contributed by atoms with Gasteiger partial charge in [-0.15, -0.1) is 5.10 Å². The minimum Gasteiger partial charge on any atom is -0.476 e. The second kappa shape index (κ2) is 12.7. The number of aryl methyl sites for hydroxylation is 2. The van der Waals surface area contributed by atoms with Crippen LogP contribution in [0.5, 0.6) is 5.88 Å². The van der Waals surface area contributed by atoms with Crippen LogP contribution >= 0.6 is 0 Å². The number of ether oxygens (including phenoxy) is 1. The third-order valence-electron chi connectivity index (χ3n) is 10.0. The summed E-state index contributed by atoms with van der Waals surface area (Å²) in [5.74, 6) is -0.758. The lowest BCUT2D eigenvalue weighted by molar-refractivity contribution is -0.219. The van der Waals surface area contributed by atoms with E-state index in [0.717, 1.165) is 13.8 Å². The maximum Gasteiger partial charge on any atom is 0.397 e. The van der Waals surface area contributed by atoms with Crippen LogP contribution in [0.25, 0.3) is 5.82 Å². The van der Waals surface area contributed by atoms with Crippen molar-refractivity contribution in [2.45, 2.75) is 102 Å². The molecule has 0 aromatic carbocycles. The number of hydrogen-bond acceptors (Lipinski definition) is 9. The first-order chi connectivity index (χ1) is 22.2. The summed E-state index contributed by atoms with van der Waals surface area (Å²) < 4.78 is 76.9. The van der Waals surface area contributed by atoms with E-state index in [1.807, 2.05) is 18.7 Å². The van der Waals surface area contributed by atoms with Gasteiger partial charge in [-0.3, -0.25) is 9.48 Å². The van der Waals surface area contributed by atoms with E-state index in [9.17, 15) is 31.5 Å². The van der Waals surface area contributed by atoms with E-state index in [0.29, 0.717) is 13.0 Å². The van der Waals surface area contributed by atoms with Gasteiger partial charge in [0.05, 0.1) is 24.7 Å². The number of halogens is 3. The molecule has 12 nitrogen and oxygen atoms in total. The molecule has 1 aliphatic rings. The van der Waals surface area contributed by atoms with E-state index in [2.05, 4.69) is 48.8 Å². The summed E-state index contributed by atoms with van der Waals surface area (Å²) in [6.45, 7) is 17.9. The van der Waals surface area contributed by atoms with Gasteiger partial charge in [-0.25, -0.2) is 22.8 Å². The molecular weight excluding hydrogens is 680 g/mol. The van der Waals surface area contributed by atoms with Gasteiger partial charge in [0.2, 0.25) is 5.88 Å². The fourth-order valence-corrected chi connectivity index (χ4v) is 9.26. The molecule has 0 saturated carbocycles. The zero-order chi connectivity index (χ0) is 37.1. The molecule has 3 aromatic heterocycles. The van der Waals surface area contributed by atoms with E-state index in [1.54, 1.807) is 7.05 Å². The number of alkyl halides is 3. The Morgan fingerprint density at radius 1 is 1.14 bits per heavy atom. The summed E-state index contributed by atoms with van der Waals surface area (Å²) in [6.07, 6.45) is -1.13. The van der Waals surface area contributed by atoms with Crippen molar-refractivity contribution in [2.75, 3.05) is 18.1 Å². The minimum atomic E-state index is -4.48. The van der Waals surface area contributed by atoms with Crippen molar-refractivity contribution >= 4 is 29.8 Å². The largest absolute Gasteiger partial charge is 0.476 e. The van der Waals surface area contributed by atoms with Gasteiger partial charge in [0.15, 0.2) is 5.82 Å². The fourth-order valence-electron chi connectivity index (χ4n) is 5.79. The Balaban J connectivity index is 1.75. The second-order valence-electron chi connectivity index (χ2n) is 15.8. The maximum absolute atomic E-state index is 13.8. The lowest BCUT2D eigenvalue weighted by Gasteiger charge is -2.43. The Bertz CT molecular complexity index is 1810. The number of hydrogen-bond donors (Lipinski definition) is 2. The summed E-state index contributed by atoms with van der Waals surface area (Å²) >= 11 is 0. The average Bonchev–Trinajstić information content (AvgIpc) is 3.66. The topological polar surface area (TPSA) is 144 Å². The standard InChI is InChI=1S/C32H48F3N7O5SSi/c1-20-23(18-40(9)37-20)48(45,46)39-27(43)22-12-13-24(42-15-14-25(38-42)47-19-30(5,6)32(33,34)35)36-26(22)41-17-21(16-31(41,7)8)28(44)49(10,11)29(2,3)4/h12-15,18,21,28,44H,16-17,19H2,1-11H3,(H,39,43). The zero-order valence-corrected chi connectivity index (χ0v) is 31.8. The predicted molar refractivity (Wildman–Crippen MR) is 182 cm³/mol. The first-order valence-electron chi connectivity index (χ1n) is 16.0. The number of carbonyl (C=O) groups is 1. The smallest absolute Gasteiger partial charge is 0.397 e. The summed E-state index contributed by atoms with van der Waals surface area (Å²) in [7, 11) is -4.97. The van der Waals surface area contributed by atoms with Gasteiger partial charge in [0.25, 0.3) is 15.9 Å². The van der Waals surface area contributed by atoms with Crippen molar-refractivity contribution in [3.05, 3.63) is 41.9 Å². The van der Waals surface area contributed by atoms with Crippen LogP contribution in [-0.4, -0.2) is 82.6 Å². The monoisotopic (exact) mass is 727 g/mol. The Morgan fingerprint density at radius 3 is 2.33 bits per heavy atom. The van der Waals surface area contributed by atoms with Gasteiger partial charge in [-0.1, -0.05) is 33.9 Å². The van der Waals surface area contributed by atoms with Crippen molar-refractivity contribution < 1.29 is 36.2 Å². The molecular formula is C32H48F3N7O5SSi. The third-order valence-corrected chi connectivity index (χ3v) is 17.3. The molecule has 272 valence electrons. The predicted octanol–water partition coefficient (Wildman–Crippen LogP) is 5.41. The molecule has 1 aliphatic heterocycles. The van der Waals surface area contributed by atoms with Gasteiger partial charge in [-0.05, 0) is 58.2 Å². The summed E-state index contributed by atoms with van der Waals surface area (Å²) in [5, 5.41) is 20.0. The molecule has 1 saturated heterocycles. The maximum atomic E-state index is 13.8. The molecule has 3 aromatic rings. The highest BCUT2D eigenvalue weighted by Gasteiger charge is 2.51. The normalized spacial score (nSPS) is 18.1. The average molecular weight is 728 g/mol. The van der Waals surface area contributed by atoms with Crippen LogP contribution in [0.3, 0.4) is 0 Å². The highest BCUT2D eigenvalue weighted by atomic mass is 32.2. The second-order valence-corrected chi connectivity index (χ2v) is 23.0. The number of carbonyl (C=O) groups excluding carboxylic acids is 1. The Kier molecular flexibility index (Phi) is 9.95. The van der Waals surface area contributed by atoms with E-state index < -0.39 is 53.5 Å². The number of amides is 1. The number of pyridine rings is 1. The molecule has 0 bridgehead atoms. The highest BCUT2D eigenvalue weighted by Crippen LogP contribution is 2.46. The number of aliphatic hydroxyl groups excluding tert-OH is 1. The van der Waals surface area contributed by atoms with Crippen molar-refractivity contribution in [1.29, 1.82) is 0 Å². The summed E-state index contributed by atoms with van der Waals surface area (Å²) in [6, 6.07) is 4.30. The van der Waals surface area contributed by atoms with E-state index >= 15 is 0 Å². The summed E-state index contributed by atoms with van der Waals surface area (Å²) in [5.41, 5.74) is -3.12. The number of nitrogens with one attached hydrogen (secondary N) is 1. The molecule has 4 rings (SSSR count). The van der Waals surface area contributed by atoms with Crippen LogP contribution in [0.2, 0.25) is 18.1 Å². The van der Waals surface area contributed by atoms with E-state index in [-0.39, 0.29) is 44.6 Å². The lowest BCUT2D eigenvalue weighted by atomic mass is 9.94. The first-order valence-corrected chi connectivity index (χ1v) is 20.5. The van der Waals surface area contributed by atoms with Crippen LogP contribution in [-0.2, 0) is 17.1 Å². The molecule has 17 heteroatoms. The van der Waals surface area contributed by atoms with Crippen LogP contribution < -0.4 is 14.4 Å². The number of rotatable bonds is 10. The SMILES string of the molecule is Cc1nn(C)cc1S(=O)(=O)NC(=O)c1ccc(-n2ccc(OCC(C)(C)C(F)(F)F)n2)nc1N1CC(C(O)[Si](C)(C)C(C)(C)C)CC1(C)C. The van der Waals surface area contributed by atoms with Crippen LogP contribution in [0.4, 0.5) is 19.0 Å². The van der Waals surface area contributed by atoms with Crippen molar-refractivity contribution in [3.63, 3.8) is 0 Å². The third kappa shape index (κ3) is 7.67. The van der Waals surface area contributed by atoms with Gasteiger partial charge in [0.1, 0.15) is 17.3 Å². The quantitative estimate of drug-likeness (QED) is 0.262. The summed E-state index contributed by atoms with van der Waals surface area (Å²) in [4.78, 5) is 20.3. The molecule has 2 atom stereocenters.